The lowest BCUT2D eigenvalue weighted by atomic mass is 10.2. The third-order valence-corrected chi connectivity index (χ3v) is 3.61. The Morgan fingerprint density at radius 3 is 2.03 bits per heavy atom. The smallest absolute Gasteiger partial charge is 0.280 e. The fraction of sp³-hybridized carbons (Fsp3) is 0.222. The van der Waals surface area contributed by atoms with E-state index in [1.165, 1.54) is 0 Å². The van der Waals surface area contributed by atoms with Gasteiger partial charge < -0.3 is 15.4 Å². The SMILES string of the molecule is CC(C)C(=O)Nc1cccc(NC(=O)COc2cc([N+](=O)[O-])cc([N+](=O)[O-])c2)c1. The van der Waals surface area contributed by atoms with Crippen LogP contribution in [0.1, 0.15) is 13.8 Å². The summed E-state index contributed by atoms with van der Waals surface area (Å²) in [5.74, 6) is -1.16. The average Bonchev–Trinajstić information content (AvgIpc) is 2.66. The highest BCUT2D eigenvalue weighted by atomic mass is 16.6. The largest absolute Gasteiger partial charge is 0.483 e. The number of anilines is 2. The lowest BCUT2D eigenvalue weighted by molar-refractivity contribution is -0.394. The average molecular weight is 402 g/mol. The number of non-ortho nitro benzene ring substituents is 2. The monoisotopic (exact) mass is 402 g/mol. The van der Waals surface area contributed by atoms with Crippen molar-refractivity contribution in [2.75, 3.05) is 17.2 Å². The molecule has 0 aliphatic heterocycles. The summed E-state index contributed by atoms with van der Waals surface area (Å²) in [5.41, 5.74) is -0.159. The van der Waals surface area contributed by atoms with Crippen molar-refractivity contribution in [3.8, 4) is 5.75 Å². The number of carbonyl (C=O) groups is 2. The van der Waals surface area contributed by atoms with Gasteiger partial charge in [0, 0.05) is 17.3 Å². The summed E-state index contributed by atoms with van der Waals surface area (Å²) in [6.07, 6.45) is 0. The van der Waals surface area contributed by atoms with Crippen molar-refractivity contribution in [1.82, 2.24) is 0 Å². The van der Waals surface area contributed by atoms with E-state index in [2.05, 4.69) is 10.6 Å². The second kappa shape index (κ2) is 9.26. The van der Waals surface area contributed by atoms with Gasteiger partial charge in [-0.2, -0.15) is 0 Å². The minimum absolute atomic E-state index is 0.177. The molecule has 0 saturated carbocycles. The molecule has 0 aromatic heterocycles. The molecule has 2 aromatic rings. The minimum atomic E-state index is -0.795. The van der Waals surface area contributed by atoms with Gasteiger partial charge in [-0.05, 0) is 18.2 Å². The van der Waals surface area contributed by atoms with E-state index < -0.39 is 33.7 Å². The molecule has 0 saturated heterocycles. The van der Waals surface area contributed by atoms with E-state index in [-0.39, 0.29) is 17.6 Å². The number of nitro benzene ring substituents is 2. The van der Waals surface area contributed by atoms with Crippen molar-refractivity contribution in [3.63, 3.8) is 0 Å². The van der Waals surface area contributed by atoms with Crippen LogP contribution in [0.2, 0.25) is 0 Å². The first-order chi connectivity index (χ1) is 13.7. The van der Waals surface area contributed by atoms with Crippen molar-refractivity contribution in [2.24, 2.45) is 5.92 Å². The molecule has 0 fully saturated rings. The fourth-order valence-corrected chi connectivity index (χ4v) is 2.17. The number of nitro groups is 2. The standard InChI is InChI=1S/C18H18N4O7/c1-11(2)18(24)20-13-5-3-4-12(6-13)19-17(23)10-29-16-8-14(21(25)26)7-15(9-16)22(27)28/h3-9,11H,10H2,1-2H3,(H,19,23)(H,20,24). The predicted molar refractivity (Wildman–Crippen MR) is 104 cm³/mol. The number of carbonyl (C=O) groups excluding carboxylic acids is 2. The van der Waals surface area contributed by atoms with Crippen LogP contribution in [0.25, 0.3) is 0 Å². The molecule has 0 unspecified atom stereocenters. The van der Waals surface area contributed by atoms with Crippen LogP contribution >= 0.6 is 0 Å². The maximum atomic E-state index is 12.1. The Kier molecular flexibility index (Phi) is 6.80. The molecule has 11 nitrogen and oxygen atoms in total. The zero-order chi connectivity index (χ0) is 21.6. The molecule has 0 bridgehead atoms. The van der Waals surface area contributed by atoms with Gasteiger partial charge in [-0.1, -0.05) is 19.9 Å². The Morgan fingerprint density at radius 2 is 1.52 bits per heavy atom. The molecule has 152 valence electrons. The lowest BCUT2D eigenvalue weighted by Gasteiger charge is -2.11. The molecule has 0 spiro atoms. The van der Waals surface area contributed by atoms with E-state index in [4.69, 9.17) is 4.74 Å². The van der Waals surface area contributed by atoms with Gasteiger partial charge in [0.25, 0.3) is 17.3 Å². The van der Waals surface area contributed by atoms with Gasteiger partial charge in [0.05, 0.1) is 28.0 Å². The fourth-order valence-electron chi connectivity index (χ4n) is 2.17. The van der Waals surface area contributed by atoms with Crippen LogP contribution in [-0.4, -0.2) is 28.3 Å². The Hall–Kier alpha value is -4.02. The summed E-state index contributed by atoms with van der Waals surface area (Å²) in [5, 5.41) is 27.0. The maximum Gasteiger partial charge on any atom is 0.280 e. The van der Waals surface area contributed by atoms with Crippen molar-refractivity contribution >= 4 is 34.6 Å². The molecule has 0 atom stereocenters. The first-order valence-corrected chi connectivity index (χ1v) is 8.43. The molecule has 11 heteroatoms. The lowest BCUT2D eigenvalue weighted by Crippen LogP contribution is -2.21. The van der Waals surface area contributed by atoms with E-state index >= 15 is 0 Å². The predicted octanol–water partition coefficient (Wildman–Crippen LogP) is 3.12. The third kappa shape index (κ3) is 6.27. The third-order valence-electron chi connectivity index (χ3n) is 3.61. The van der Waals surface area contributed by atoms with E-state index in [1.807, 2.05) is 0 Å². The maximum absolute atomic E-state index is 12.1. The number of nitrogens with zero attached hydrogens (tertiary/aromatic N) is 2. The topological polar surface area (TPSA) is 154 Å². The summed E-state index contributed by atoms with van der Waals surface area (Å²) < 4.78 is 5.16. The Balaban J connectivity index is 2.02. The zero-order valence-corrected chi connectivity index (χ0v) is 15.6. The molecule has 0 heterocycles. The van der Waals surface area contributed by atoms with E-state index in [0.29, 0.717) is 11.4 Å². The van der Waals surface area contributed by atoms with Crippen molar-refractivity contribution in [3.05, 3.63) is 62.7 Å². The molecular weight excluding hydrogens is 384 g/mol. The number of nitrogens with one attached hydrogen (secondary N) is 2. The van der Waals surface area contributed by atoms with Crippen LogP contribution in [0.5, 0.6) is 5.75 Å². The number of benzene rings is 2. The number of amides is 2. The van der Waals surface area contributed by atoms with Crippen molar-refractivity contribution < 1.29 is 24.2 Å². The van der Waals surface area contributed by atoms with Crippen molar-refractivity contribution in [2.45, 2.75) is 13.8 Å². The summed E-state index contributed by atoms with van der Waals surface area (Å²) in [6.45, 7) is 2.97. The molecular formula is C18H18N4O7. The van der Waals surface area contributed by atoms with Gasteiger partial charge >= 0.3 is 0 Å². The van der Waals surface area contributed by atoms with Crippen LogP contribution in [0.3, 0.4) is 0 Å². The van der Waals surface area contributed by atoms with E-state index in [1.54, 1.807) is 38.1 Å². The molecule has 29 heavy (non-hydrogen) atoms. The highest BCUT2D eigenvalue weighted by Gasteiger charge is 2.18. The summed E-state index contributed by atoms with van der Waals surface area (Å²) >= 11 is 0. The molecule has 0 aliphatic carbocycles. The van der Waals surface area contributed by atoms with Gasteiger partial charge in [-0.25, -0.2) is 0 Å². The van der Waals surface area contributed by atoms with Crippen LogP contribution in [-0.2, 0) is 9.59 Å². The first-order valence-electron chi connectivity index (χ1n) is 8.43. The number of rotatable bonds is 8. The molecule has 0 radical (unpaired) electrons. The number of ether oxygens (including phenoxy) is 1. The van der Waals surface area contributed by atoms with Crippen LogP contribution < -0.4 is 15.4 Å². The van der Waals surface area contributed by atoms with Crippen LogP contribution in [0.15, 0.2) is 42.5 Å². The molecule has 2 aromatic carbocycles. The van der Waals surface area contributed by atoms with Gasteiger partial charge in [-0.15, -0.1) is 0 Å². The highest BCUT2D eigenvalue weighted by molar-refractivity contribution is 5.95. The Morgan fingerprint density at radius 1 is 0.966 bits per heavy atom. The number of hydrogen-bond donors (Lipinski definition) is 2. The van der Waals surface area contributed by atoms with Crippen molar-refractivity contribution in [1.29, 1.82) is 0 Å². The Bertz CT molecular complexity index is 927. The second-order valence-electron chi connectivity index (χ2n) is 6.26. The molecule has 2 amide bonds. The second-order valence-corrected chi connectivity index (χ2v) is 6.26. The van der Waals surface area contributed by atoms with Crippen LogP contribution in [0, 0.1) is 26.1 Å². The normalized spacial score (nSPS) is 10.3. The van der Waals surface area contributed by atoms with E-state index in [0.717, 1.165) is 18.2 Å². The minimum Gasteiger partial charge on any atom is -0.483 e. The first kappa shape index (κ1) is 21.3. The molecule has 0 aliphatic rings. The van der Waals surface area contributed by atoms with E-state index in [9.17, 15) is 29.8 Å². The number of hydrogen-bond acceptors (Lipinski definition) is 7. The summed E-state index contributed by atoms with van der Waals surface area (Å²) in [7, 11) is 0. The molecule has 2 rings (SSSR count). The van der Waals surface area contributed by atoms with Gasteiger partial charge in [0.1, 0.15) is 5.75 Å². The van der Waals surface area contributed by atoms with Gasteiger partial charge in [0.2, 0.25) is 5.91 Å². The summed E-state index contributed by atoms with van der Waals surface area (Å²) in [6, 6.07) is 9.22. The molecule has 2 N–H and O–H groups in total. The highest BCUT2D eigenvalue weighted by Crippen LogP contribution is 2.27. The quantitative estimate of drug-likeness (QED) is 0.508. The van der Waals surface area contributed by atoms with Crippen LogP contribution in [0.4, 0.5) is 22.7 Å². The van der Waals surface area contributed by atoms with Gasteiger partial charge in [-0.3, -0.25) is 29.8 Å². The summed E-state index contributed by atoms with van der Waals surface area (Å²) in [4.78, 5) is 44.0. The Labute approximate surface area is 165 Å². The zero-order valence-electron chi connectivity index (χ0n) is 15.6. The van der Waals surface area contributed by atoms with Gasteiger partial charge in [0.15, 0.2) is 6.61 Å².